The van der Waals surface area contributed by atoms with Crippen LogP contribution in [0.4, 0.5) is 8.78 Å². The third kappa shape index (κ3) is 3.56. The first-order valence-electron chi connectivity index (χ1n) is 5.78. The lowest BCUT2D eigenvalue weighted by molar-refractivity contribution is 0.413. The highest BCUT2D eigenvalue weighted by molar-refractivity contribution is 5.21. The summed E-state index contributed by atoms with van der Waals surface area (Å²) < 4.78 is 26.0. The minimum atomic E-state index is -0.560. The first-order chi connectivity index (χ1) is 7.56. The van der Waals surface area contributed by atoms with E-state index in [4.69, 9.17) is 5.73 Å². The zero-order valence-corrected chi connectivity index (χ0v) is 9.84. The second kappa shape index (κ2) is 5.94. The molecule has 1 atom stereocenters. The molecule has 0 aliphatic heterocycles. The molecule has 0 aliphatic carbocycles. The Morgan fingerprint density at radius 1 is 1.06 bits per heavy atom. The zero-order valence-electron chi connectivity index (χ0n) is 9.84. The number of hydrogen-bond donors (Lipinski definition) is 1. The smallest absolute Gasteiger partial charge is 0.126 e. The Morgan fingerprint density at radius 2 is 1.56 bits per heavy atom. The lowest BCUT2D eigenvalue weighted by atomic mass is 9.91. The van der Waals surface area contributed by atoms with Gasteiger partial charge in [-0.15, -0.1) is 0 Å². The maximum absolute atomic E-state index is 13.0. The first kappa shape index (κ1) is 13.1. The third-order valence-corrected chi connectivity index (χ3v) is 3.06. The molecule has 0 fully saturated rings. The van der Waals surface area contributed by atoms with Gasteiger partial charge in [0.05, 0.1) is 0 Å². The molecule has 3 heteroatoms. The van der Waals surface area contributed by atoms with Crippen molar-refractivity contribution in [2.75, 3.05) is 0 Å². The Labute approximate surface area is 95.7 Å². The maximum atomic E-state index is 13.0. The van der Waals surface area contributed by atoms with Crippen LogP contribution in [-0.4, -0.2) is 0 Å². The van der Waals surface area contributed by atoms with E-state index in [-0.39, 0.29) is 6.04 Å². The van der Waals surface area contributed by atoms with Crippen LogP contribution < -0.4 is 5.73 Å². The van der Waals surface area contributed by atoms with Crippen molar-refractivity contribution in [3.63, 3.8) is 0 Å². The van der Waals surface area contributed by atoms with Crippen molar-refractivity contribution in [2.24, 2.45) is 11.7 Å². The summed E-state index contributed by atoms with van der Waals surface area (Å²) in [6.07, 6.45) is 2.86. The zero-order chi connectivity index (χ0) is 12.1. The first-order valence-corrected chi connectivity index (χ1v) is 5.78. The van der Waals surface area contributed by atoms with Crippen molar-refractivity contribution < 1.29 is 8.78 Å². The molecule has 0 saturated heterocycles. The normalized spacial score (nSPS) is 13.1. The van der Waals surface area contributed by atoms with Gasteiger partial charge in [-0.2, -0.15) is 0 Å². The summed E-state index contributed by atoms with van der Waals surface area (Å²) in [5, 5.41) is 0. The molecule has 0 spiro atoms. The number of nitrogens with two attached hydrogens (primary N) is 1. The summed E-state index contributed by atoms with van der Waals surface area (Å²) in [5.41, 5.74) is 6.50. The molecule has 90 valence electrons. The lowest BCUT2D eigenvalue weighted by Gasteiger charge is -2.18. The van der Waals surface area contributed by atoms with Crippen LogP contribution in [0.25, 0.3) is 0 Å². The standard InChI is InChI=1S/C13H19F2N/c1-3-9(4-2)5-13(16)10-6-11(14)8-12(15)7-10/h6-9,13H,3-5,16H2,1-2H3. The molecule has 0 heterocycles. The Morgan fingerprint density at radius 3 is 2.00 bits per heavy atom. The molecule has 1 nitrogen and oxygen atoms in total. The van der Waals surface area contributed by atoms with Crippen LogP contribution in [0, 0.1) is 17.6 Å². The SMILES string of the molecule is CCC(CC)CC(N)c1cc(F)cc(F)c1. The van der Waals surface area contributed by atoms with Gasteiger partial charge in [-0.1, -0.05) is 26.7 Å². The van der Waals surface area contributed by atoms with Crippen molar-refractivity contribution in [2.45, 2.75) is 39.2 Å². The van der Waals surface area contributed by atoms with Gasteiger partial charge in [-0.3, -0.25) is 0 Å². The topological polar surface area (TPSA) is 26.0 Å². The molecular formula is C13H19F2N. The van der Waals surface area contributed by atoms with Gasteiger partial charge < -0.3 is 5.73 Å². The summed E-state index contributed by atoms with van der Waals surface area (Å²) in [4.78, 5) is 0. The molecular weight excluding hydrogens is 208 g/mol. The molecule has 1 aromatic carbocycles. The fourth-order valence-corrected chi connectivity index (χ4v) is 1.91. The van der Waals surface area contributed by atoms with Crippen LogP contribution >= 0.6 is 0 Å². The van der Waals surface area contributed by atoms with Crippen LogP contribution in [0.1, 0.15) is 44.7 Å². The Bertz CT molecular complexity index is 314. The van der Waals surface area contributed by atoms with Gasteiger partial charge in [-0.25, -0.2) is 8.78 Å². The lowest BCUT2D eigenvalue weighted by Crippen LogP contribution is -2.15. The molecule has 0 aromatic heterocycles. The van der Waals surface area contributed by atoms with E-state index in [1.54, 1.807) is 0 Å². The van der Waals surface area contributed by atoms with E-state index in [2.05, 4.69) is 13.8 Å². The third-order valence-electron chi connectivity index (χ3n) is 3.06. The maximum Gasteiger partial charge on any atom is 0.126 e. The van der Waals surface area contributed by atoms with Crippen molar-refractivity contribution in [1.29, 1.82) is 0 Å². The van der Waals surface area contributed by atoms with Crippen molar-refractivity contribution >= 4 is 0 Å². The van der Waals surface area contributed by atoms with Crippen molar-refractivity contribution in [1.82, 2.24) is 0 Å². The second-order valence-electron chi connectivity index (χ2n) is 4.23. The molecule has 1 unspecified atom stereocenters. The quantitative estimate of drug-likeness (QED) is 0.813. The van der Waals surface area contributed by atoms with Gasteiger partial charge in [-0.05, 0) is 30.0 Å². The fraction of sp³-hybridized carbons (Fsp3) is 0.538. The van der Waals surface area contributed by atoms with E-state index < -0.39 is 11.6 Å². The average molecular weight is 227 g/mol. The van der Waals surface area contributed by atoms with E-state index in [0.29, 0.717) is 11.5 Å². The minimum absolute atomic E-state index is 0.282. The van der Waals surface area contributed by atoms with Gasteiger partial charge in [0.1, 0.15) is 11.6 Å². The minimum Gasteiger partial charge on any atom is -0.324 e. The Hall–Kier alpha value is -0.960. The summed E-state index contributed by atoms with van der Waals surface area (Å²) >= 11 is 0. The summed E-state index contributed by atoms with van der Waals surface area (Å²) in [6, 6.07) is 3.22. The highest BCUT2D eigenvalue weighted by Crippen LogP contribution is 2.24. The molecule has 0 amide bonds. The van der Waals surface area contributed by atoms with Crippen LogP contribution in [-0.2, 0) is 0 Å². The van der Waals surface area contributed by atoms with Gasteiger partial charge in [0.25, 0.3) is 0 Å². The van der Waals surface area contributed by atoms with Crippen LogP contribution in [0.3, 0.4) is 0 Å². The van der Waals surface area contributed by atoms with Gasteiger partial charge in [0.15, 0.2) is 0 Å². The number of hydrogen-bond acceptors (Lipinski definition) is 1. The summed E-state index contributed by atoms with van der Waals surface area (Å²) in [5.74, 6) is -0.605. The van der Waals surface area contributed by atoms with E-state index >= 15 is 0 Å². The van der Waals surface area contributed by atoms with Crippen LogP contribution in [0.5, 0.6) is 0 Å². The van der Waals surface area contributed by atoms with Crippen molar-refractivity contribution in [3.8, 4) is 0 Å². The molecule has 1 rings (SSSR count). The predicted molar refractivity (Wildman–Crippen MR) is 62.0 cm³/mol. The van der Waals surface area contributed by atoms with Crippen molar-refractivity contribution in [3.05, 3.63) is 35.4 Å². The molecule has 0 saturated carbocycles. The monoisotopic (exact) mass is 227 g/mol. The van der Waals surface area contributed by atoms with Crippen LogP contribution in [0.15, 0.2) is 18.2 Å². The number of rotatable bonds is 5. The van der Waals surface area contributed by atoms with Gasteiger partial charge in [0.2, 0.25) is 0 Å². The van der Waals surface area contributed by atoms with Crippen LogP contribution in [0.2, 0.25) is 0 Å². The Kier molecular flexibility index (Phi) is 4.87. The number of halogens is 2. The molecule has 16 heavy (non-hydrogen) atoms. The van der Waals surface area contributed by atoms with E-state index in [1.807, 2.05) is 0 Å². The predicted octanol–water partition coefficient (Wildman–Crippen LogP) is 3.79. The van der Waals surface area contributed by atoms with E-state index in [1.165, 1.54) is 12.1 Å². The molecule has 0 radical (unpaired) electrons. The molecule has 0 aliphatic rings. The van der Waals surface area contributed by atoms with Gasteiger partial charge in [0, 0.05) is 12.1 Å². The largest absolute Gasteiger partial charge is 0.324 e. The van der Waals surface area contributed by atoms with Gasteiger partial charge >= 0.3 is 0 Å². The molecule has 2 N–H and O–H groups in total. The summed E-state index contributed by atoms with van der Waals surface area (Å²) in [6.45, 7) is 4.21. The number of benzene rings is 1. The van der Waals surface area contributed by atoms with E-state index in [0.717, 1.165) is 25.3 Å². The average Bonchev–Trinajstić information content (AvgIpc) is 2.24. The fourth-order valence-electron chi connectivity index (χ4n) is 1.91. The highest BCUT2D eigenvalue weighted by atomic mass is 19.1. The molecule has 1 aromatic rings. The second-order valence-corrected chi connectivity index (χ2v) is 4.23. The van der Waals surface area contributed by atoms with E-state index in [9.17, 15) is 8.78 Å². The molecule has 0 bridgehead atoms. The Balaban J connectivity index is 2.75. The highest BCUT2D eigenvalue weighted by Gasteiger charge is 2.13. The summed E-state index contributed by atoms with van der Waals surface area (Å²) in [7, 11) is 0.